The number of rotatable bonds is 4. The molecule has 1 aliphatic heterocycles. The summed E-state index contributed by atoms with van der Waals surface area (Å²) in [5.41, 5.74) is 2.98. The van der Waals surface area contributed by atoms with Gasteiger partial charge in [0.05, 0.1) is 5.69 Å². The summed E-state index contributed by atoms with van der Waals surface area (Å²) in [5, 5.41) is 3.91. The lowest BCUT2D eigenvalue weighted by Crippen LogP contribution is -2.40. The normalized spacial score (nSPS) is 18.2. The molecule has 3 heterocycles. The Morgan fingerprint density at radius 3 is 3.00 bits per heavy atom. The van der Waals surface area contributed by atoms with Crippen LogP contribution in [0.5, 0.6) is 0 Å². The van der Waals surface area contributed by atoms with Crippen LogP contribution in [0.15, 0.2) is 28.8 Å². The van der Waals surface area contributed by atoms with Crippen LogP contribution in [0, 0.1) is 12.8 Å². The molecule has 2 aromatic rings. The molecule has 0 N–H and O–H groups in total. The number of aryl methyl sites for hydroxylation is 2. The largest absolute Gasteiger partial charge is 0.351 e. The second-order valence-corrected chi connectivity index (χ2v) is 6.27. The highest BCUT2D eigenvalue weighted by atomic mass is 16.5. The average molecular weight is 313 g/mol. The van der Waals surface area contributed by atoms with Gasteiger partial charge in [0.25, 0.3) is 5.91 Å². The molecule has 0 saturated carbocycles. The molecule has 1 saturated heterocycles. The van der Waals surface area contributed by atoms with Crippen molar-refractivity contribution in [2.24, 2.45) is 5.92 Å². The maximum Gasteiger partial charge on any atom is 0.292 e. The van der Waals surface area contributed by atoms with E-state index in [2.05, 4.69) is 16.2 Å². The van der Waals surface area contributed by atoms with Gasteiger partial charge >= 0.3 is 0 Å². The minimum absolute atomic E-state index is 0.0425. The Labute approximate surface area is 136 Å². The molecule has 5 heteroatoms. The maximum atomic E-state index is 12.6. The summed E-state index contributed by atoms with van der Waals surface area (Å²) in [7, 11) is 0. The van der Waals surface area contributed by atoms with E-state index in [9.17, 15) is 4.79 Å². The van der Waals surface area contributed by atoms with Crippen LogP contribution in [0.25, 0.3) is 0 Å². The predicted molar refractivity (Wildman–Crippen MR) is 87.2 cm³/mol. The third-order valence-electron chi connectivity index (χ3n) is 4.38. The first-order chi connectivity index (χ1) is 11.2. The van der Waals surface area contributed by atoms with Crippen molar-refractivity contribution in [2.45, 2.75) is 39.5 Å². The van der Waals surface area contributed by atoms with E-state index in [4.69, 9.17) is 4.52 Å². The summed E-state index contributed by atoms with van der Waals surface area (Å²) in [5.74, 6) is 0.769. The maximum absolute atomic E-state index is 12.6. The Balaban J connectivity index is 1.64. The SMILES string of the molecule is CCc1cc(C(=O)N2CCC[C@@H](Cc3cccc(C)n3)C2)on1. The highest BCUT2D eigenvalue weighted by molar-refractivity contribution is 5.91. The minimum Gasteiger partial charge on any atom is -0.351 e. The van der Waals surface area contributed by atoms with E-state index in [1.807, 2.05) is 30.9 Å². The molecule has 3 rings (SSSR count). The van der Waals surface area contributed by atoms with E-state index in [1.54, 1.807) is 6.07 Å². The lowest BCUT2D eigenvalue weighted by Gasteiger charge is -2.32. The van der Waals surface area contributed by atoms with Crippen molar-refractivity contribution in [1.82, 2.24) is 15.0 Å². The zero-order valence-corrected chi connectivity index (χ0v) is 13.8. The van der Waals surface area contributed by atoms with E-state index >= 15 is 0 Å². The van der Waals surface area contributed by atoms with E-state index in [0.29, 0.717) is 11.7 Å². The second kappa shape index (κ2) is 6.94. The third-order valence-corrected chi connectivity index (χ3v) is 4.38. The van der Waals surface area contributed by atoms with Gasteiger partial charge in [-0.2, -0.15) is 0 Å². The van der Waals surface area contributed by atoms with Gasteiger partial charge in [0.1, 0.15) is 0 Å². The van der Waals surface area contributed by atoms with Crippen LogP contribution in [-0.2, 0) is 12.8 Å². The number of hydrogen-bond donors (Lipinski definition) is 0. The van der Waals surface area contributed by atoms with Crippen molar-refractivity contribution in [3.05, 3.63) is 47.1 Å². The number of aromatic nitrogens is 2. The average Bonchev–Trinajstić information content (AvgIpc) is 3.03. The molecule has 0 unspecified atom stereocenters. The number of hydrogen-bond acceptors (Lipinski definition) is 4. The fraction of sp³-hybridized carbons (Fsp3) is 0.500. The molecule has 0 radical (unpaired) electrons. The molecular weight excluding hydrogens is 290 g/mol. The summed E-state index contributed by atoms with van der Waals surface area (Å²) in [6.45, 7) is 5.56. The standard InChI is InChI=1S/C18H23N3O2/c1-3-15-11-17(23-20-15)18(22)21-9-5-7-14(12-21)10-16-8-4-6-13(2)19-16/h4,6,8,11,14H,3,5,7,9-10,12H2,1-2H3/t14-/m0/s1. The van der Waals surface area contributed by atoms with Crippen LogP contribution in [-0.4, -0.2) is 34.0 Å². The minimum atomic E-state index is -0.0425. The van der Waals surface area contributed by atoms with Crippen molar-refractivity contribution < 1.29 is 9.32 Å². The fourth-order valence-electron chi connectivity index (χ4n) is 3.16. The molecule has 0 aromatic carbocycles. The van der Waals surface area contributed by atoms with Crippen LogP contribution in [0.1, 0.15) is 47.4 Å². The zero-order valence-electron chi connectivity index (χ0n) is 13.8. The first-order valence-electron chi connectivity index (χ1n) is 8.33. The van der Waals surface area contributed by atoms with Crippen LogP contribution in [0.4, 0.5) is 0 Å². The van der Waals surface area contributed by atoms with Gasteiger partial charge in [0, 0.05) is 30.5 Å². The van der Waals surface area contributed by atoms with Crippen molar-refractivity contribution in [3.8, 4) is 0 Å². The summed E-state index contributed by atoms with van der Waals surface area (Å²) in [6.07, 6.45) is 3.85. The number of piperidine rings is 1. The van der Waals surface area contributed by atoms with E-state index in [1.165, 1.54) is 0 Å². The molecule has 1 atom stereocenters. The number of carbonyl (C=O) groups is 1. The number of amides is 1. The van der Waals surface area contributed by atoms with Crippen molar-refractivity contribution in [3.63, 3.8) is 0 Å². The van der Waals surface area contributed by atoms with Gasteiger partial charge in [-0.1, -0.05) is 18.1 Å². The summed E-state index contributed by atoms with van der Waals surface area (Å²) >= 11 is 0. The third kappa shape index (κ3) is 3.78. The Morgan fingerprint density at radius 1 is 1.39 bits per heavy atom. The lowest BCUT2D eigenvalue weighted by atomic mass is 9.93. The Hall–Kier alpha value is -2.17. The second-order valence-electron chi connectivity index (χ2n) is 6.27. The molecule has 0 aliphatic carbocycles. The number of likely N-dealkylation sites (tertiary alicyclic amines) is 1. The fourth-order valence-corrected chi connectivity index (χ4v) is 3.16. The van der Waals surface area contributed by atoms with E-state index < -0.39 is 0 Å². The Morgan fingerprint density at radius 2 is 2.26 bits per heavy atom. The van der Waals surface area contributed by atoms with Gasteiger partial charge < -0.3 is 9.42 Å². The summed E-state index contributed by atoms with van der Waals surface area (Å²) < 4.78 is 5.19. The van der Waals surface area contributed by atoms with Gasteiger partial charge in [-0.05, 0) is 50.7 Å². The molecule has 0 bridgehead atoms. The highest BCUT2D eigenvalue weighted by Gasteiger charge is 2.27. The van der Waals surface area contributed by atoms with Crippen LogP contribution < -0.4 is 0 Å². The molecule has 0 spiro atoms. The number of nitrogens with zero attached hydrogens (tertiary/aromatic N) is 3. The molecular formula is C18H23N3O2. The van der Waals surface area contributed by atoms with E-state index in [0.717, 1.165) is 55.9 Å². The van der Waals surface area contributed by atoms with Gasteiger partial charge in [-0.15, -0.1) is 0 Å². The van der Waals surface area contributed by atoms with Crippen LogP contribution in [0.3, 0.4) is 0 Å². The van der Waals surface area contributed by atoms with E-state index in [-0.39, 0.29) is 5.91 Å². The van der Waals surface area contributed by atoms with Gasteiger partial charge in [-0.3, -0.25) is 9.78 Å². The number of pyridine rings is 1. The smallest absolute Gasteiger partial charge is 0.292 e. The number of carbonyl (C=O) groups excluding carboxylic acids is 1. The molecule has 1 fully saturated rings. The van der Waals surface area contributed by atoms with Crippen LogP contribution in [0.2, 0.25) is 0 Å². The molecule has 2 aromatic heterocycles. The zero-order chi connectivity index (χ0) is 16.2. The first-order valence-corrected chi connectivity index (χ1v) is 8.33. The van der Waals surface area contributed by atoms with Gasteiger partial charge in [0.2, 0.25) is 5.76 Å². The monoisotopic (exact) mass is 313 g/mol. The molecule has 122 valence electrons. The Kier molecular flexibility index (Phi) is 4.74. The topological polar surface area (TPSA) is 59.2 Å². The first kappa shape index (κ1) is 15.7. The predicted octanol–water partition coefficient (Wildman–Crippen LogP) is 3.04. The summed E-state index contributed by atoms with van der Waals surface area (Å²) in [6, 6.07) is 7.88. The highest BCUT2D eigenvalue weighted by Crippen LogP contribution is 2.22. The van der Waals surface area contributed by atoms with Crippen molar-refractivity contribution in [2.75, 3.05) is 13.1 Å². The quantitative estimate of drug-likeness (QED) is 0.870. The molecule has 1 aliphatic rings. The van der Waals surface area contributed by atoms with Crippen LogP contribution >= 0.6 is 0 Å². The Bertz CT molecular complexity index is 680. The van der Waals surface area contributed by atoms with Gasteiger partial charge in [0.15, 0.2) is 0 Å². The molecule has 23 heavy (non-hydrogen) atoms. The summed E-state index contributed by atoms with van der Waals surface area (Å²) in [4.78, 5) is 19.0. The van der Waals surface area contributed by atoms with Gasteiger partial charge in [-0.25, -0.2) is 0 Å². The van der Waals surface area contributed by atoms with Crippen molar-refractivity contribution >= 4 is 5.91 Å². The molecule has 1 amide bonds. The lowest BCUT2D eigenvalue weighted by molar-refractivity contribution is 0.0631. The van der Waals surface area contributed by atoms with Crippen molar-refractivity contribution in [1.29, 1.82) is 0 Å². The molecule has 5 nitrogen and oxygen atoms in total.